The zero-order valence-electron chi connectivity index (χ0n) is 20.3. The summed E-state index contributed by atoms with van der Waals surface area (Å²) in [5.74, 6) is 5.34. The second kappa shape index (κ2) is 10.2. The van der Waals surface area contributed by atoms with Crippen LogP contribution in [0.3, 0.4) is 0 Å². The van der Waals surface area contributed by atoms with E-state index >= 15 is 0 Å². The summed E-state index contributed by atoms with van der Waals surface area (Å²) in [6, 6.07) is 18.7. The lowest BCUT2D eigenvalue weighted by atomic mass is 9.93. The largest absolute Gasteiger partial charge is 0.478 e. The Morgan fingerprint density at radius 2 is 1.78 bits per heavy atom. The fourth-order valence-electron chi connectivity index (χ4n) is 4.55. The van der Waals surface area contributed by atoms with Crippen molar-refractivity contribution in [2.24, 2.45) is 0 Å². The molecule has 0 aliphatic carbocycles. The summed E-state index contributed by atoms with van der Waals surface area (Å²) in [6.07, 6.45) is 2.98. The topological polar surface area (TPSA) is 107 Å². The number of nitrogens with zero attached hydrogens (tertiary/aromatic N) is 3. The average molecular weight is 515 g/mol. The lowest BCUT2D eigenvalue weighted by molar-refractivity contribution is 0.0697. The van der Waals surface area contributed by atoms with Gasteiger partial charge < -0.3 is 5.11 Å². The van der Waals surface area contributed by atoms with E-state index < -0.39 is 16.0 Å². The Labute approximate surface area is 215 Å². The average Bonchev–Trinajstić information content (AvgIpc) is 3.36. The van der Waals surface area contributed by atoms with Crippen LogP contribution in [0.5, 0.6) is 0 Å². The number of H-pyrrole nitrogens is 1. The number of piperazine rings is 1. The molecule has 0 spiro atoms. The maximum absolute atomic E-state index is 12.0. The smallest absolute Gasteiger partial charge is 0.336 e. The van der Waals surface area contributed by atoms with Crippen LogP contribution in [-0.4, -0.2) is 71.3 Å². The summed E-state index contributed by atoms with van der Waals surface area (Å²) in [7, 11) is -3.14. The lowest BCUT2D eigenvalue weighted by Gasteiger charge is -2.33. The molecular weight excluding hydrogens is 488 g/mol. The minimum atomic E-state index is -3.14. The van der Waals surface area contributed by atoms with Crippen molar-refractivity contribution in [3.8, 4) is 23.0 Å². The molecule has 1 aliphatic rings. The number of aromatic nitrogens is 2. The molecule has 4 aromatic rings. The van der Waals surface area contributed by atoms with Gasteiger partial charge in [0.1, 0.15) is 0 Å². The summed E-state index contributed by atoms with van der Waals surface area (Å²) in [6.45, 7) is 3.15. The summed E-state index contributed by atoms with van der Waals surface area (Å²) in [5, 5.41) is 17.8. The van der Waals surface area contributed by atoms with Gasteiger partial charge in [0.05, 0.1) is 23.5 Å². The first kappa shape index (κ1) is 24.7. The molecule has 0 radical (unpaired) electrons. The van der Waals surface area contributed by atoms with Gasteiger partial charge in [0.2, 0.25) is 10.0 Å². The highest BCUT2D eigenvalue weighted by atomic mass is 32.2. The Balaban J connectivity index is 1.36. The molecule has 37 heavy (non-hydrogen) atoms. The van der Waals surface area contributed by atoms with E-state index in [4.69, 9.17) is 0 Å². The molecule has 0 unspecified atom stereocenters. The van der Waals surface area contributed by atoms with Crippen LogP contribution >= 0.6 is 0 Å². The number of hydrogen-bond acceptors (Lipinski definition) is 5. The molecular formula is C28H26N4O4S. The standard InChI is InChI=1S/C28H26N4O4S/c1-37(35,36)32-15-13-31(14-16-32)19-21-7-5-20(6-8-21)9-10-22-3-2-4-25(28(33)34)27(22)23-11-12-24-18-29-30-26(24)17-23/h2-8,11-12,17-18H,13-16,19H2,1H3,(H,29,30)(H,33,34). The molecule has 0 saturated carbocycles. The number of fused-ring (bicyclic) bond motifs is 1. The summed E-state index contributed by atoms with van der Waals surface area (Å²) in [5.41, 5.74) is 4.92. The van der Waals surface area contributed by atoms with Crippen LogP contribution in [0.1, 0.15) is 27.0 Å². The molecule has 1 aromatic heterocycles. The van der Waals surface area contributed by atoms with Crippen molar-refractivity contribution in [2.45, 2.75) is 6.54 Å². The second-order valence-electron chi connectivity index (χ2n) is 9.09. The zero-order chi connectivity index (χ0) is 26.0. The van der Waals surface area contributed by atoms with Gasteiger partial charge in [-0.2, -0.15) is 9.40 Å². The van der Waals surface area contributed by atoms with E-state index in [-0.39, 0.29) is 5.56 Å². The van der Waals surface area contributed by atoms with Gasteiger partial charge in [-0.05, 0) is 41.5 Å². The van der Waals surface area contributed by atoms with E-state index in [1.165, 1.54) is 10.6 Å². The van der Waals surface area contributed by atoms with Crippen molar-refractivity contribution in [2.75, 3.05) is 32.4 Å². The number of benzene rings is 3. The predicted octanol–water partition coefficient (Wildman–Crippen LogP) is 3.41. The number of aromatic amines is 1. The third-order valence-corrected chi connectivity index (χ3v) is 7.83. The van der Waals surface area contributed by atoms with Crippen molar-refractivity contribution < 1.29 is 18.3 Å². The number of aromatic carboxylic acids is 1. The second-order valence-corrected chi connectivity index (χ2v) is 11.1. The molecule has 0 amide bonds. The van der Waals surface area contributed by atoms with Crippen molar-refractivity contribution in [1.29, 1.82) is 0 Å². The molecule has 2 heterocycles. The molecule has 3 aromatic carbocycles. The first-order chi connectivity index (χ1) is 17.8. The quantitative estimate of drug-likeness (QED) is 0.396. The van der Waals surface area contributed by atoms with Crippen molar-refractivity contribution in [3.63, 3.8) is 0 Å². The predicted molar refractivity (Wildman–Crippen MR) is 143 cm³/mol. The minimum Gasteiger partial charge on any atom is -0.478 e. The summed E-state index contributed by atoms with van der Waals surface area (Å²) >= 11 is 0. The molecule has 188 valence electrons. The van der Waals surface area contributed by atoms with Gasteiger partial charge >= 0.3 is 5.97 Å². The maximum Gasteiger partial charge on any atom is 0.336 e. The lowest BCUT2D eigenvalue weighted by Crippen LogP contribution is -2.47. The number of rotatable bonds is 5. The molecule has 1 aliphatic heterocycles. The molecule has 0 bridgehead atoms. The van der Waals surface area contributed by atoms with Gasteiger partial charge in [0.15, 0.2) is 0 Å². The van der Waals surface area contributed by atoms with Crippen LogP contribution in [0.4, 0.5) is 0 Å². The summed E-state index contributed by atoms with van der Waals surface area (Å²) < 4.78 is 24.9. The van der Waals surface area contributed by atoms with Crippen molar-refractivity contribution >= 4 is 26.9 Å². The Bertz CT molecular complexity index is 1620. The number of carbonyl (C=O) groups is 1. The van der Waals surface area contributed by atoms with Gasteiger partial charge in [-0.3, -0.25) is 10.00 Å². The number of carboxylic acid groups (broad SMARTS) is 1. The number of hydrogen-bond donors (Lipinski definition) is 2. The van der Waals surface area contributed by atoms with E-state index in [1.54, 1.807) is 18.3 Å². The highest BCUT2D eigenvalue weighted by Crippen LogP contribution is 2.30. The Morgan fingerprint density at radius 3 is 2.49 bits per heavy atom. The molecule has 1 fully saturated rings. The molecule has 1 saturated heterocycles. The highest BCUT2D eigenvalue weighted by Gasteiger charge is 2.23. The first-order valence-corrected chi connectivity index (χ1v) is 13.7. The van der Waals surface area contributed by atoms with Gasteiger partial charge in [-0.1, -0.05) is 42.2 Å². The molecule has 5 rings (SSSR count). The van der Waals surface area contributed by atoms with Gasteiger partial charge in [-0.25, -0.2) is 13.2 Å². The third-order valence-electron chi connectivity index (χ3n) is 6.53. The first-order valence-electron chi connectivity index (χ1n) is 11.9. The van der Waals surface area contributed by atoms with Crippen LogP contribution in [0.2, 0.25) is 0 Å². The third kappa shape index (κ3) is 5.57. The van der Waals surface area contributed by atoms with E-state index in [9.17, 15) is 18.3 Å². The van der Waals surface area contributed by atoms with Crippen LogP contribution < -0.4 is 0 Å². The fourth-order valence-corrected chi connectivity index (χ4v) is 5.38. The number of sulfonamides is 1. The van der Waals surface area contributed by atoms with Crippen LogP contribution in [0.25, 0.3) is 22.0 Å². The maximum atomic E-state index is 12.0. The van der Waals surface area contributed by atoms with Crippen LogP contribution in [0, 0.1) is 11.8 Å². The number of nitrogens with one attached hydrogen (secondary N) is 1. The van der Waals surface area contributed by atoms with E-state index in [0.29, 0.717) is 37.3 Å². The molecule has 9 heteroatoms. The normalized spacial score (nSPS) is 14.8. The van der Waals surface area contributed by atoms with Crippen LogP contribution in [-0.2, 0) is 16.6 Å². The van der Waals surface area contributed by atoms with Crippen molar-refractivity contribution in [1.82, 2.24) is 19.4 Å². The van der Waals surface area contributed by atoms with E-state index in [2.05, 4.69) is 26.9 Å². The summed E-state index contributed by atoms with van der Waals surface area (Å²) in [4.78, 5) is 14.2. The van der Waals surface area contributed by atoms with Crippen molar-refractivity contribution in [3.05, 3.63) is 89.1 Å². The van der Waals surface area contributed by atoms with Gasteiger partial charge in [0, 0.05) is 54.8 Å². The highest BCUT2D eigenvalue weighted by molar-refractivity contribution is 7.88. The Kier molecular flexibility index (Phi) is 6.80. The SMILES string of the molecule is CS(=O)(=O)N1CCN(Cc2ccc(C#Cc3cccc(C(=O)O)c3-c3ccc4cn[nH]c4c3)cc2)CC1. The van der Waals surface area contributed by atoms with E-state index in [1.807, 2.05) is 48.5 Å². The fraction of sp³-hybridized carbons (Fsp3) is 0.214. The Morgan fingerprint density at radius 1 is 1.03 bits per heavy atom. The minimum absolute atomic E-state index is 0.192. The molecule has 8 nitrogen and oxygen atoms in total. The monoisotopic (exact) mass is 514 g/mol. The number of carboxylic acids is 1. The molecule has 0 atom stereocenters. The molecule has 2 N–H and O–H groups in total. The Hall–Kier alpha value is -3.97. The van der Waals surface area contributed by atoms with Gasteiger partial charge in [-0.15, -0.1) is 0 Å². The van der Waals surface area contributed by atoms with Crippen LogP contribution in [0.15, 0.2) is 66.9 Å². The van der Waals surface area contributed by atoms with E-state index in [0.717, 1.165) is 34.1 Å². The zero-order valence-corrected chi connectivity index (χ0v) is 21.1. The van der Waals surface area contributed by atoms with Gasteiger partial charge in [0.25, 0.3) is 0 Å².